The maximum atomic E-state index is 6.20. The molecule has 1 N–H and O–H groups in total. The van der Waals surface area contributed by atoms with Gasteiger partial charge >= 0.3 is 0 Å². The zero-order chi connectivity index (χ0) is 11.8. The minimum Gasteiger partial charge on any atom is -0.309 e. The summed E-state index contributed by atoms with van der Waals surface area (Å²) in [5.74, 6) is 0. The molecule has 0 aliphatic heterocycles. The molecule has 88 valence electrons. The molecule has 2 unspecified atom stereocenters. The number of halogens is 1. The first-order chi connectivity index (χ1) is 7.50. The molecule has 0 heterocycles. The van der Waals surface area contributed by atoms with Crippen molar-refractivity contribution >= 4 is 11.6 Å². The lowest BCUT2D eigenvalue weighted by Gasteiger charge is -2.49. The second-order valence-corrected chi connectivity index (χ2v) is 5.97. The Bertz CT molecular complexity index is 356. The van der Waals surface area contributed by atoms with Crippen LogP contribution in [0.4, 0.5) is 0 Å². The van der Waals surface area contributed by atoms with E-state index < -0.39 is 0 Å². The third-order valence-corrected chi connectivity index (χ3v) is 4.56. The van der Waals surface area contributed by atoms with Crippen molar-refractivity contribution in [3.05, 3.63) is 35.4 Å². The van der Waals surface area contributed by atoms with Gasteiger partial charge in [0.25, 0.3) is 0 Å². The average Bonchev–Trinajstić information content (AvgIpc) is 2.26. The molecule has 1 fully saturated rings. The number of hydrogen-bond acceptors (Lipinski definition) is 1. The molecule has 2 atom stereocenters. The molecule has 2 rings (SSSR count). The fraction of sp³-hybridized carbons (Fsp3) is 0.571. The molecular formula is C14H20ClN. The third kappa shape index (κ3) is 2.26. The van der Waals surface area contributed by atoms with Gasteiger partial charge in [-0.2, -0.15) is 0 Å². The highest BCUT2D eigenvalue weighted by molar-refractivity contribution is 6.21. The molecule has 2 heteroatoms. The van der Waals surface area contributed by atoms with Crippen molar-refractivity contribution in [2.45, 2.75) is 45.2 Å². The van der Waals surface area contributed by atoms with Gasteiger partial charge in [-0.15, -0.1) is 11.6 Å². The van der Waals surface area contributed by atoms with Crippen LogP contribution in [0, 0.1) is 12.3 Å². The van der Waals surface area contributed by atoms with E-state index in [-0.39, 0.29) is 5.41 Å². The van der Waals surface area contributed by atoms with Gasteiger partial charge < -0.3 is 5.32 Å². The van der Waals surface area contributed by atoms with Crippen LogP contribution in [0.15, 0.2) is 24.3 Å². The van der Waals surface area contributed by atoms with Crippen LogP contribution in [-0.2, 0) is 6.54 Å². The number of aryl methyl sites for hydroxylation is 1. The normalized spacial score (nSPS) is 27.5. The second kappa shape index (κ2) is 4.38. The van der Waals surface area contributed by atoms with Gasteiger partial charge in [-0.25, -0.2) is 0 Å². The standard InChI is InChI=1S/C14H20ClN/c1-10-4-6-11(7-5-10)9-16-13-8-12(15)14(13,2)3/h4-7,12-13,16H,8-9H2,1-3H3. The van der Waals surface area contributed by atoms with Crippen LogP contribution >= 0.6 is 11.6 Å². The number of hydrogen-bond donors (Lipinski definition) is 1. The van der Waals surface area contributed by atoms with Crippen molar-refractivity contribution in [1.29, 1.82) is 0 Å². The molecule has 0 bridgehead atoms. The number of alkyl halides is 1. The van der Waals surface area contributed by atoms with Crippen molar-refractivity contribution < 1.29 is 0 Å². The molecule has 0 spiro atoms. The van der Waals surface area contributed by atoms with E-state index in [1.165, 1.54) is 11.1 Å². The molecule has 16 heavy (non-hydrogen) atoms. The number of nitrogens with one attached hydrogen (secondary N) is 1. The van der Waals surface area contributed by atoms with Crippen LogP contribution in [0.5, 0.6) is 0 Å². The van der Waals surface area contributed by atoms with Crippen molar-refractivity contribution in [3.8, 4) is 0 Å². The fourth-order valence-electron chi connectivity index (χ4n) is 2.17. The molecule has 0 amide bonds. The Morgan fingerprint density at radius 1 is 1.31 bits per heavy atom. The largest absolute Gasteiger partial charge is 0.309 e. The molecule has 0 radical (unpaired) electrons. The zero-order valence-electron chi connectivity index (χ0n) is 10.3. The highest BCUT2D eigenvalue weighted by Crippen LogP contribution is 2.44. The summed E-state index contributed by atoms with van der Waals surface area (Å²) in [5.41, 5.74) is 2.89. The Morgan fingerprint density at radius 2 is 1.94 bits per heavy atom. The molecule has 1 saturated carbocycles. The minimum absolute atomic E-state index is 0.228. The maximum absolute atomic E-state index is 6.20. The first-order valence-electron chi connectivity index (χ1n) is 5.93. The van der Waals surface area contributed by atoms with E-state index in [0.717, 1.165) is 13.0 Å². The van der Waals surface area contributed by atoms with E-state index in [1.807, 2.05) is 0 Å². The quantitative estimate of drug-likeness (QED) is 0.794. The lowest BCUT2D eigenvalue weighted by molar-refractivity contribution is 0.115. The summed E-state index contributed by atoms with van der Waals surface area (Å²) in [6.45, 7) is 7.53. The van der Waals surface area contributed by atoms with Gasteiger partial charge in [-0.1, -0.05) is 43.7 Å². The van der Waals surface area contributed by atoms with E-state index in [4.69, 9.17) is 11.6 Å². The summed E-state index contributed by atoms with van der Waals surface area (Å²) in [5, 5.41) is 3.91. The monoisotopic (exact) mass is 237 g/mol. The van der Waals surface area contributed by atoms with Crippen LogP contribution in [0.2, 0.25) is 0 Å². The van der Waals surface area contributed by atoms with Crippen LogP contribution in [0.25, 0.3) is 0 Å². The van der Waals surface area contributed by atoms with Gasteiger partial charge in [-0.05, 0) is 24.3 Å². The van der Waals surface area contributed by atoms with E-state index in [1.54, 1.807) is 0 Å². The first-order valence-corrected chi connectivity index (χ1v) is 6.37. The van der Waals surface area contributed by atoms with Crippen LogP contribution in [0.1, 0.15) is 31.4 Å². The lowest BCUT2D eigenvalue weighted by atomic mass is 9.67. The molecule has 0 saturated heterocycles. The summed E-state index contributed by atoms with van der Waals surface area (Å²) in [6, 6.07) is 9.25. The third-order valence-electron chi connectivity index (χ3n) is 3.82. The maximum Gasteiger partial charge on any atom is 0.0416 e. The van der Waals surface area contributed by atoms with Gasteiger partial charge in [-0.3, -0.25) is 0 Å². The SMILES string of the molecule is Cc1ccc(CNC2CC(Cl)C2(C)C)cc1. The predicted molar refractivity (Wildman–Crippen MR) is 69.8 cm³/mol. The second-order valence-electron chi connectivity index (χ2n) is 5.44. The number of benzene rings is 1. The van der Waals surface area contributed by atoms with Crippen molar-refractivity contribution in [1.82, 2.24) is 5.32 Å². The fourth-order valence-corrected chi connectivity index (χ4v) is 2.50. The smallest absolute Gasteiger partial charge is 0.0416 e. The topological polar surface area (TPSA) is 12.0 Å². The Hall–Kier alpha value is -0.530. The van der Waals surface area contributed by atoms with E-state index in [0.29, 0.717) is 11.4 Å². The Morgan fingerprint density at radius 3 is 2.44 bits per heavy atom. The van der Waals surface area contributed by atoms with Crippen LogP contribution in [-0.4, -0.2) is 11.4 Å². The molecular weight excluding hydrogens is 218 g/mol. The molecule has 1 aliphatic carbocycles. The van der Waals surface area contributed by atoms with Gasteiger partial charge in [0.15, 0.2) is 0 Å². The summed E-state index contributed by atoms with van der Waals surface area (Å²) in [7, 11) is 0. The van der Waals surface area contributed by atoms with Crippen molar-refractivity contribution in [3.63, 3.8) is 0 Å². The van der Waals surface area contributed by atoms with E-state index >= 15 is 0 Å². The highest BCUT2D eigenvalue weighted by Gasteiger charge is 2.46. The number of rotatable bonds is 3. The minimum atomic E-state index is 0.228. The molecule has 1 aliphatic rings. The molecule has 0 aromatic heterocycles. The predicted octanol–water partition coefficient (Wildman–Crippen LogP) is 3.49. The van der Waals surface area contributed by atoms with Crippen molar-refractivity contribution in [2.24, 2.45) is 5.41 Å². The first kappa shape index (κ1) is 11.9. The van der Waals surface area contributed by atoms with Gasteiger partial charge in [0.05, 0.1) is 0 Å². The Labute approximate surface area is 103 Å². The van der Waals surface area contributed by atoms with Gasteiger partial charge in [0, 0.05) is 18.0 Å². The summed E-state index contributed by atoms with van der Waals surface area (Å²) < 4.78 is 0. The molecule has 1 aromatic carbocycles. The Kier molecular flexibility index (Phi) is 3.27. The van der Waals surface area contributed by atoms with Crippen LogP contribution in [0.3, 0.4) is 0 Å². The zero-order valence-corrected chi connectivity index (χ0v) is 11.0. The van der Waals surface area contributed by atoms with E-state index in [2.05, 4.69) is 50.4 Å². The van der Waals surface area contributed by atoms with Crippen molar-refractivity contribution in [2.75, 3.05) is 0 Å². The highest BCUT2D eigenvalue weighted by atomic mass is 35.5. The summed E-state index contributed by atoms with van der Waals surface area (Å²) in [4.78, 5) is 0. The van der Waals surface area contributed by atoms with Gasteiger partial charge in [0.2, 0.25) is 0 Å². The van der Waals surface area contributed by atoms with Gasteiger partial charge in [0.1, 0.15) is 0 Å². The lowest BCUT2D eigenvalue weighted by Crippen LogP contribution is -2.57. The summed E-state index contributed by atoms with van der Waals surface area (Å²) >= 11 is 6.20. The molecule has 1 nitrogen and oxygen atoms in total. The Balaban J connectivity index is 1.87. The molecule has 1 aromatic rings. The van der Waals surface area contributed by atoms with Crippen LogP contribution < -0.4 is 5.32 Å². The summed E-state index contributed by atoms with van der Waals surface area (Å²) in [6.07, 6.45) is 1.08. The average molecular weight is 238 g/mol. The van der Waals surface area contributed by atoms with E-state index in [9.17, 15) is 0 Å².